The van der Waals surface area contributed by atoms with Crippen LogP contribution < -0.4 is 0 Å². The van der Waals surface area contributed by atoms with Gasteiger partial charge in [0.2, 0.25) is 0 Å². The Kier molecular flexibility index (Phi) is 6.00. The standard InChI is InChI=1S/C12H19NO3S/c1-3-13(12(15)16-4-2)8-7-10(14)11-6-5-9-17-11/h5-6,9-10,14H,3-4,7-8H2,1-2H3. The lowest BCUT2D eigenvalue weighted by Crippen LogP contribution is -2.33. The van der Waals surface area contributed by atoms with Crippen molar-refractivity contribution in [2.75, 3.05) is 19.7 Å². The average Bonchev–Trinajstić information content (AvgIpc) is 2.83. The molecule has 1 amide bonds. The van der Waals surface area contributed by atoms with E-state index in [0.29, 0.717) is 26.1 Å². The second kappa shape index (κ2) is 7.29. The third-order valence-electron chi connectivity index (χ3n) is 2.45. The van der Waals surface area contributed by atoms with Gasteiger partial charge < -0.3 is 14.7 Å². The summed E-state index contributed by atoms with van der Waals surface area (Å²) in [5.74, 6) is 0. The number of hydrogen-bond donors (Lipinski definition) is 1. The lowest BCUT2D eigenvalue weighted by atomic mass is 10.2. The SMILES string of the molecule is CCOC(=O)N(CC)CCC(O)c1cccs1. The highest BCUT2D eigenvalue weighted by molar-refractivity contribution is 7.10. The molecule has 1 atom stereocenters. The van der Waals surface area contributed by atoms with Gasteiger partial charge in [0.25, 0.3) is 0 Å². The topological polar surface area (TPSA) is 49.8 Å². The van der Waals surface area contributed by atoms with Gasteiger partial charge in [-0.25, -0.2) is 4.79 Å². The van der Waals surface area contributed by atoms with Gasteiger partial charge in [0.05, 0.1) is 12.7 Å². The summed E-state index contributed by atoms with van der Waals surface area (Å²) in [6, 6.07) is 3.81. The Balaban J connectivity index is 2.39. The van der Waals surface area contributed by atoms with E-state index in [1.165, 1.54) is 11.3 Å². The number of nitrogens with zero attached hydrogens (tertiary/aromatic N) is 1. The Morgan fingerprint density at radius 1 is 1.59 bits per heavy atom. The molecule has 17 heavy (non-hydrogen) atoms. The maximum atomic E-state index is 11.5. The number of amides is 1. The molecule has 1 aromatic rings. The number of hydrogen-bond acceptors (Lipinski definition) is 4. The van der Waals surface area contributed by atoms with Gasteiger partial charge >= 0.3 is 6.09 Å². The fourth-order valence-electron chi connectivity index (χ4n) is 1.49. The Morgan fingerprint density at radius 3 is 2.88 bits per heavy atom. The van der Waals surface area contributed by atoms with Crippen molar-refractivity contribution < 1.29 is 14.6 Å². The summed E-state index contributed by atoms with van der Waals surface area (Å²) in [4.78, 5) is 14.0. The molecule has 4 nitrogen and oxygen atoms in total. The molecular weight excluding hydrogens is 238 g/mol. The van der Waals surface area contributed by atoms with Crippen molar-refractivity contribution in [2.45, 2.75) is 26.4 Å². The molecule has 1 aromatic heterocycles. The van der Waals surface area contributed by atoms with Crippen molar-refractivity contribution in [1.82, 2.24) is 4.90 Å². The molecule has 0 fully saturated rings. The molecule has 0 bridgehead atoms. The third-order valence-corrected chi connectivity index (χ3v) is 3.43. The van der Waals surface area contributed by atoms with Crippen LogP contribution in [0, 0.1) is 0 Å². The van der Waals surface area contributed by atoms with Crippen LogP contribution in [0.1, 0.15) is 31.2 Å². The molecule has 0 aliphatic carbocycles. The van der Waals surface area contributed by atoms with Crippen LogP contribution in [-0.4, -0.2) is 35.8 Å². The molecule has 1 heterocycles. The van der Waals surface area contributed by atoms with Crippen molar-refractivity contribution in [3.8, 4) is 0 Å². The average molecular weight is 257 g/mol. The van der Waals surface area contributed by atoms with Gasteiger partial charge in [0.15, 0.2) is 0 Å². The first-order valence-corrected chi connectivity index (χ1v) is 6.70. The highest BCUT2D eigenvalue weighted by atomic mass is 32.1. The molecule has 0 saturated heterocycles. The normalized spacial score (nSPS) is 12.2. The Morgan fingerprint density at radius 2 is 2.35 bits per heavy atom. The van der Waals surface area contributed by atoms with Crippen molar-refractivity contribution >= 4 is 17.4 Å². The lowest BCUT2D eigenvalue weighted by molar-refractivity contribution is 0.0976. The van der Waals surface area contributed by atoms with Crippen LogP contribution in [0.15, 0.2) is 17.5 Å². The number of aliphatic hydroxyl groups is 1. The summed E-state index contributed by atoms with van der Waals surface area (Å²) in [7, 11) is 0. The van der Waals surface area contributed by atoms with Crippen LogP contribution >= 0.6 is 11.3 Å². The largest absolute Gasteiger partial charge is 0.450 e. The van der Waals surface area contributed by atoms with E-state index in [1.54, 1.807) is 11.8 Å². The number of aliphatic hydroxyl groups excluding tert-OH is 1. The minimum absolute atomic E-state index is 0.312. The Bertz CT molecular complexity index is 327. The Labute approximate surface area is 106 Å². The zero-order valence-corrected chi connectivity index (χ0v) is 11.1. The lowest BCUT2D eigenvalue weighted by Gasteiger charge is -2.21. The van der Waals surface area contributed by atoms with Crippen LogP contribution in [0.2, 0.25) is 0 Å². The van der Waals surface area contributed by atoms with Gasteiger partial charge in [-0.05, 0) is 31.7 Å². The molecule has 1 unspecified atom stereocenters. The predicted octanol–water partition coefficient (Wildman–Crippen LogP) is 2.65. The minimum Gasteiger partial charge on any atom is -0.450 e. The van der Waals surface area contributed by atoms with Gasteiger partial charge in [-0.2, -0.15) is 0 Å². The van der Waals surface area contributed by atoms with E-state index in [4.69, 9.17) is 4.74 Å². The first-order chi connectivity index (χ1) is 8.19. The minimum atomic E-state index is -0.501. The summed E-state index contributed by atoms with van der Waals surface area (Å²) in [6.45, 7) is 5.16. The van der Waals surface area contributed by atoms with Gasteiger partial charge in [-0.3, -0.25) is 0 Å². The van der Waals surface area contributed by atoms with Crippen molar-refractivity contribution in [3.63, 3.8) is 0 Å². The van der Waals surface area contributed by atoms with Crippen LogP contribution in [0.3, 0.4) is 0 Å². The molecule has 5 heteroatoms. The molecular formula is C12H19NO3S. The Hall–Kier alpha value is -1.07. The second-order valence-corrected chi connectivity index (χ2v) is 4.58. The third kappa shape index (κ3) is 4.36. The molecule has 1 N–H and O–H groups in total. The van der Waals surface area contributed by atoms with Crippen LogP contribution in [0.25, 0.3) is 0 Å². The first-order valence-electron chi connectivity index (χ1n) is 5.82. The van der Waals surface area contributed by atoms with Gasteiger partial charge in [0.1, 0.15) is 0 Å². The summed E-state index contributed by atoms with van der Waals surface area (Å²) in [5, 5.41) is 11.8. The van der Waals surface area contributed by atoms with Crippen molar-refractivity contribution in [2.24, 2.45) is 0 Å². The molecule has 1 rings (SSSR count). The summed E-state index contributed by atoms with van der Waals surface area (Å²) in [5.41, 5.74) is 0. The second-order valence-electron chi connectivity index (χ2n) is 3.60. The molecule has 0 saturated carbocycles. The smallest absolute Gasteiger partial charge is 0.409 e. The maximum Gasteiger partial charge on any atom is 0.409 e. The fraction of sp³-hybridized carbons (Fsp3) is 0.583. The summed E-state index contributed by atoms with van der Waals surface area (Å²) >= 11 is 1.52. The van der Waals surface area contributed by atoms with E-state index in [-0.39, 0.29) is 6.09 Å². The highest BCUT2D eigenvalue weighted by Crippen LogP contribution is 2.21. The highest BCUT2D eigenvalue weighted by Gasteiger charge is 2.15. The molecule has 0 aliphatic rings. The molecule has 0 aromatic carbocycles. The fourth-order valence-corrected chi connectivity index (χ4v) is 2.24. The zero-order chi connectivity index (χ0) is 12.7. The number of carbonyl (C=O) groups excluding carboxylic acids is 1. The van der Waals surface area contributed by atoms with Crippen LogP contribution in [0.5, 0.6) is 0 Å². The number of rotatable bonds is 6. The number of carbonyl (C=O) groups is 1. The van der Waals surface area contributed by atoms with E-state index in [9.17, 15) is 9.90 Å². The number of ether oxygens (including phenoxy) is 1. The quantitative estimate of drug-likeness (QED) is 0.852. The molecule has 96 valence electrons. The predicted molar refractivity (Wildman–Crippen MR) is 68.2 cm³/mol. The summed E-state index contributed by atoms with van der Waals surface area (Å²) < 4.78 is 4.93. The van der Waals surface area contributed by atoms with Crippen LogP contribution in [0.4, 0.5) is 4.79 Å². The monoisotopic (exact) mass is 257 g/mol. The molecule has 0 radical (unpaired) electrons. The molecule has 0 aliphatic heterocycles. The summed E-state index contributed by atoms with van der Waals surface area (Å²) in [6.07, 6.45) is -0.278. The van der Waals surface area contributed by atoms with Gasteiger partial charge in [-0.1, -0.05) is 6.07 Å². The van der Waals surface area contributed by atoms with Gasteiger partial charge in [0, 0.05) is 18.0 Å². The number of thiophene rings is 1. The van der Waals surface area contributed by atoms with Gasteiger partial charge in [-0.15, -0.1) is 11.3 Å². The first kappa shape index (κ1) is 14.0. The maximum absolute atomic E-state index is 11.5. The van der Waals surface area contributed by atoms with Crippen molar-refractivity contribution in [1.29, 1.82) is 0 Å². The van der Waals surface area contributed by atoms with Crippen LogP contribution in [-0.2, 0) is 4.74 Å². The van der Waals surface area contributed by atoms with E-state index in [2.05, 4.69) is 0 Å². The zero-order valence-electron chi connectivity index (χ0n) is 10.3. The van der Waals surface area contributed by atoms with E-state index in [0.717, 1.165) is 4.88 Å². The van der Waals surface area contributed by atoms with E-state index < -0.39 is 6.10 Å². The molecule has 0 spiro atoms. The van der Waals surface area contributed by atoms with Crippen molar-refractivity contribution in [3.05, 3.63) is 22.4 Å². The van der Waals surface area contributed by atoms with E-state index in [1.807, 2.05) is 24.4 Å². The van der Waals surface area contributed by atoms with E-state index >= 15 is 0 Å².